The van der Waals surface area contributed by atoms with Crippen molar-refractivity contribution in [3.8, 4) is 0 Å². The predicted molar refractivity (Wildman–Crippen MR) is 48.1 cm³/mol. The second-order valence-electron chi connectivity index (χ2n) is 2.78. The lowest BCUT2D eigenvalue weighted by Crippen LogP contribution is -2.08. The van der Waals surface area contributed by atoms with Crippen LogP contribution in [-0.2, 0) is 12.8 Å². The van der Waals surface area contributed by atoms with E-state index in [1.807, 2.05) is 13.2 Å². The highest BCUT2D eigenvalue weighted by Crippen LogP contribution is 2.05. The summed E-state index contributed by atoms with van der Waals surface area (Å²) in [4.78, 5) is 4.16. The first-order chi connectivity index (χ1) is 5.86. The van der Waals surface area contributed by atoms with Crippen LogP contribution in [0.5, 0.6) is 0 Å². The molecule has 1 aromatic rings. The van der Waals surface area contributed by atoms with Gasteiger partial charge >= 0.3 is 0 Å². The Morgan fingerprint density at radius 3 is 3.00 bits per heavy atom. The normalized spacial score (nSPS) is 10.5. The molecule has 68 valence electrons. The number of aryl methyl sites for hydroxylation is 2. The van der Waals surface area contributed by atoms with Crippen molar-refractivity contribution < 1.29 is 4.42 Å². The highest BCUT2D eigenvalue weighted by atomic mass is 16.4. The van der Waals surface area contributed by atoms with E-state index in [0.717, 1.165) is 37.5 Å². The van der Waals surface area contributed by atoms with Gasteiger partial charge < -0.3 is 9.73 Å². The molecule has 0 aliphatic carbocycles. The van der Waals surface area contributed by atoms with E-state index in [0.29, 0.717) is 0 Å². The second-order valence-corrected chi connectivity index (χ2v) is 2.78. The number of nitrogens with zero attached hydrogens (tertiary/aromatic N) is 1. The number of nitrogens with one attached hydrogen (secondary N) is 1. The van der Waals surface area contributed by atoms with Gasteiger partial charge in [0, 0.05) is 12.8 Å². The Morgan fingerprint density at radius 2 is 2.42 bits per heavy atom. The average molecular weight is 168 g/mol. The van der Waals surface area contributed by atoms with Crippen LogP contribution >= 0.6 is 0 Å². The third kappa shape index (κ3) is 2.66. The Labute approximate surface area is 73.2 Å². The molecule has 0 unspecified atom stereocenters. The van der Waals surface area contributed by atoms with E-state index in [4.69, 9.17) is 4.42 Å². The monoisotopic (exact) mass is 168 g/mol. The first-order valence-electron chi connectivity index (χ1n) is 4.45. The molecule has 0 saturated heterocycles. The largest absolute Gasteiger partial charge is 0.446 e. The fraction of sp³-hybridized carbons (Fsp3) is 0.667. The Bertz CT molecular complexity index is 220. The van der Waals surface area contributed by atoms with E-state index >= 15 is 0 Å². The van der Waals surface area contributed by atoms with Crippen LogP contribution in [0, 0.1) is 0 Å². The quantitative estimate of drug-likeness (QED) is 0.675. The average Bonchev–Trinajstić information content (AvgIpc) is 2.53. The van der Waals surface area contributed by atoms with Crippen LogP contribution in [0.4, 0.5) is 0 Å². The van der Waals surface area contributed by atoms with Crippen LogP contribution in [-0.4, -0.2) is 18.6 Å². The highest BCUT2D eigenvalue weighted by molar-refractivity contribution is 4.93. The maximum Gasteiger partial charge on any atom is 0.194 e. The Hall–Kier alpha value is -0.830. The molecule has 0 fully saturated rings. The topological polar surface area (TPSA) is 38.1 Å². The lowest BCUT2D eigenvalue weighted by atomic mass is 10.3. The molecular formula is C9H16N2O. The zero-order valence-electron chi connectivity index (χ0n) is 7.76. The highest BCUT2D eigenvalue weighted by Gasteiger charge is 2.00. The van der Waals surface area contributed by atoms with E-state index in [9.17, 15) is 0 Å². The third-order valence-electron chi connectivity index (χ3n) is 1.77. The van der Waals surface area contributed by atoms with Crippen LogP contribution in [0.3, 0.4) is 0 Å². The molecule has 3 heteroatoms. The van der Waals surface area contributed by atoms with Crippen molar-refractivity contribution in [2.45, 2.75) is 26.2 Å². The molecule has 12 heavy (non-hydrogen) atoms. The van der Waals surface area contributed by atoms with Gasteiger partial charge in [-0.05, 0) is 20.0 Å². The Kier molecular flexibility index (Phi) is 3.80. The summed E-state index contributed by atoms with van der Waals surface area (Å²) in [7, 11) is 1.95. The maximum atomic E-state index is 5.44. The lowest BCUT2D eigenvalue weighted by molar-refractivity contribution is 0.452. The molecule has 0 aliphatic heterocycles. The summed E-state index contributed by atoms with van der Waals surface area (Å²) in [5, 5.41) is 3.09. The number of aromatic nitrogens is 1. The van der Waals surface area contributed by atoms with Crippen molar-refractivity contribution >= 4 is 0 Å². The molecule has 3 nitrogen and oxygen atoms in total. The molecule has 0 aromatic carbocycles. The molecule has 1 N–H and O–H groups in total. The SMILES string of the molecule is CCc1cnc(CCCNC)o1. The maximum absolute atomic E-state index is 5.44. The first kappa shape index (κ1) is 9.26. The van der Waals surface area contributed by atoms with Gasteiger partial charge in [-0.1, -0.05) is 6.92 Å². The van der Waals surface area contributed by atoms with Gasteiger partial charge in [-0.3, -0.25) is 0 Å². The van der Waals surface area contributed by atoms with Gasteiger partial charge in [0.1, 0.15) is 5.76 Å². The van der Waals surface area contributed by atoms with Crippen LogP contribution < -0.4 is 5.32 Å². The summed E-state index contributed by atoms with van der Waals surface area (Å²) in [6, 6.07) is 0. The summed E-state index contributed by atoms with van der Waals surface area (Å²) in [5.74, 6) is 1.84. The molecule has 0 saturated carbocycles. The van der Waals surface area contributed by atoms with Gasteiger partial charge in [-0.15, -0.1) is 0 Å². The van der Waals surface area contributed by atoms with E-state index in [1.165, 1.54) is 0 Å². The van der Waals surface area contributed by atoms with Gasteiger partial charge in [0.15, 0.2) is 5.89 Å². The van der Waals surface area contributed by atoms with E-state index in [1.54, 1.807) is 0 Å². The Balaban J connectivity index is 2.31. The minimum Gasteiger partial charge on any atom is -0.446 e. The van der Waals surface area contributed by atoms with Gasteiger partial charge in [-0.25, -0.2) is 4.98 Å². The molecule has 0 amide bonds. The molecule has 0 aliphatic rings. The lowest BCUT2D eigenvalue weighted by Gasteiger charge is -1.94. The summed E-state index contributed by atoms with van der Waals surface area (Å²) < 4.78 is 5.44. The van der Waals surface area contributed by atoms with Crippen molar-refractivity contribution in [2.24, 2.45) is 0 Å². The summed E-state index contributed by atoms with van der Waals surface area (Å²) in [5.41, 5.74) is 0. The molecular weight excluding hydrogens is 152 g/mol. The molecule has 1 aromatic heterocycles. The van der Waals surface area contributed by atoms with E-state index in [2.05, 4.69) is 17.2 Å². The molecule has 1 rings (SSSR count). The predicted octanol–water partition coefficient (Wildman–Crippen LogP) is 1.39. The molecule has 0 atom stereocenters. The van der Waals surface area contributed by atoms with Crippen molar-refractivity contribution in [3.05, 3.63) is 17.8 Å². The summed E-state index contributed by atoms with van der Waals surface area (Å²) in [6.07, 6.45) is 4.76. The van der Waals surface area contributed by atoms with E-state index < -0.39 is 0 Å². The zero-order valence-corrected chi connectivity index (χ0v) is 7.76. The second kappa shape index (κ2) is 4.93. The number of hydrogen-bond donors (Lipinski definition) is 1. The van der Waals surface area contributed by atoms with Crippen LogP contribution in [0.1, 0.15) is 25.0 Å². The van der Waals surface area contributed by atoms with Crippen LogP contribution in [0.25, 0.3) is 0 Å². The van der Waals surface area contributed by atoms with Crippen molar-refractivity contribution in [2.75, 3.05) is 13.6 Å². The molecule has 0 spiro atoms. The van der Waals surface area contributed by atoms with Crippen LogP contribution in [0.15, 0.2) is 10.6 Å². The van der Waals surface area contributed by atoms with Crippen molar-refractivity contribution in [1.82, 2.24) is 10.3 Å². The van der Waals surface area contributed by atoms with Crippen molar-refractivity contribution in [1.29, 1.82) is 0 Å². The molecule has 0 bridgehead atoms. The zero-order chi connectivity index (χ0) is 8.81. The molecule has 1 heterocycles. The minimum atomic E-state index is 0.863. The van der Waals surface area contributed by atoms with Gasteiger partial charge in [-0.2, -0.15) is 0 Å². The third-order valence-corrected chi connectivity index (χ3v) is 1.77. The van der Waals surface area contributed by atoms with Gasteiger partial charge in [0.25, 0.3) is 0 Å². The number of rotatable bonds is 5. The summed E-state index contributed by atoms with van der Waals surface area (Å²) >= 11 is 0. The Morgan fingerprint density at radius 1 is 1.58 bits per heavy atom. The number of oxazole rings is 1. The fourth-order valence-electron chi connectivity index (χ4n) is 1.04. The smallest absolute Gasteiger partial charge is 0.194 e. The first-order valence-corrected chi connectivity index (χ1v) is 4.45. The van der Waals surface area contributed by atoms with Crippen molar-refractivity contribution in [3.63, 3.8) is 0 Å². The fourth-order valence-corrected chi connectivity index (χ4v) is 1.04. The van der Waals surface area contributed by atoms with E-state index in [-0.39, 0.29) is 0 Å². The van der Waals surface area contributed by atoms with Gasteiger partial charge in [0.05, 0.1) is 6.20 Å². The van der Waals surface area contributed by atoms with Gasteiger partial charge in [0.2, 0.25) is 0 Å². The standard InChI is InChI=1S/C9H16N2O/c1-3-8-7-11-9(12-8)5-4-6-10-2/h7,10H,3-6H2,1-2H3. The minimum absolute atomic E-state index is 0.863. The van der Waals surface area contributed by atoms with Crippen LogP contribution in [0.2, 0.25) is 0 Å². The number of hydrogen-bond acceptors (Lipinski definition) is 3. The molecule has 0 radical (unpaired) electrons. The summed E-state index contributed by atoms with van der Waals surface area (Å²) in [6.45, 7) is 3.09.